The molecule has 0 aliphatic carbocycles. The van der Waals surface area contributed by atoms with Crippen LogP contribution in [0.3, 0.4) is 0 Å². The third-order valence-corrected chi connectivity index (χ3v) is 5.67. The molecule has 0 spiro atoms. The Morgan fingerprint density at radius 3 is 2.73 bits per heavy atom. The van der Waals surface area contributed by atoms with Crippen molar-refractivity contribution in [3.05, 3.63) is 86.3 Å². The first kappa shape index (κ1) is 18.1. The molecule has 132 valence electrons. The molecular formula is C18H13FN2O3S2. The molecule has 5 nitrogen and oxygen atoms in total. The molecule has 0 saturated heterocycles. The molecule has 1 heterocycles. The van der Waals surface area contributed by atoms with Gasteiger partial charge in [-0.2, -0.15) is 0 Å². The summed E-state index contributed by atoms with van der Waals surface area (Å²) in [6, 6.07) is 14.0. The lowest BCUT2D eigenvalue weighted by atomic mass is 10.2. The van der Waals surface area contributed by atoms with E-state index in [1.807, 2.05) is 29.6 Å². The van der Waals surface area contributed by atoms with Gasteiger partial charge in [0.1, 0.15) is 5.82 Å². The van der Waals surface area contributed by atoms with Crippen molar-refractivity contribution in [2.45, 2.75) is 10.6 Å². The SMILES string of the molecule is O=C(Nc1cc([N+](=O)[O-])ccc1F)c1ccccc1SCc1cccs1. The molecule has 3 aromatic rings. The number of non-ortho nitro benzene ring substituents is 1. The van der Waals surface area contributed by atoms with Gasteiger partial charge in [0.2, 0.25) is 0 Å². The Bertz CT molecular complexity index is 945. The van der Waals surface area contributed by atoms with Crippen molar-refractivity contribution in [1.29, 1.82) is 0 Å². The topological polar surface area (TPSA) is 72.2 Å². The fourth-order valence-electron chi connectivity index (χ4n) is 2.24. The van der Waals surface area contributed by atoms with Gasteiger partial charge in [-0.25, -0.2) is 4.39 Å². The number of halogens is 1. The highest BCUT2D eigenvalue weighted by molar-refractivity contribution is 7.98. The molecule has 1 aromatic heterocycles. The lowest BCUT2D eigenvalue weighted by Crippen LogP contribution is -2.14. The van der Waals surface area contributed by atoms with E-state index in [0.29, 0.717) is 11.3 Å². The number of anilines is 1. The third-order valence-electron chi connectivity index (χ3n) is 3.49. The zero-order chi connectivity index (χ0) is 18.5. The maximum absolute atomic E-state index is 13.9. The maximum Gasteiger partial charge on any atom is 0.271 e. The molecule has 0 unspecified atom stereocenters. The minimum absolute atomic E-state index is 0.220. The van der Waals surface area contributed by atoms with Gasteiger partial charge in [-0.05, 0) is 29.6 Å². The molecule has 26 heavy (non-hydrogen) atoms. The lowest BCUT2D eigenvalue weighted by Gasteiger charge is -2.10. The van der Waals surface area contributed by atoms with Gasteiger partial charge in [0, 0.05) is 27.7 Å². The summed E-state index contributed by atoms with van der Waals surface area (Å²) in [6.45, 7) is 0. The second-order valence-corrected chi connectivity index (χ2v) is 7.29. The average Bonchev–Trinajstić information content (AvgIpc) is 3.15. The van der Waals surface area contributed by atoms with Crippen LogP contribution in [-0.4, -0.2) is 10.8 Å². The second kappa shape index (κ2) is 8.11. The average molecular weight is 388 g/mol. The molecule has 3 rings (SSSR count). The van der Waals surface area contributed by atoms with E-state index in [-0.39, 0.29) is 11.4 Å². The minimum Gasteiger partial charge on any atom is -0.319 e. The number of hydrogen-bond acceptors (Lipinski definition) is 5. The van der Waals surface area contributed by atoms with Gasteiger partial charge in [-0.15, -0.1) is 23.1 Å². The van der Waals surface area contributed by atoms with Gasteiger partial charge in [0.15, 0.2) is 0 Å². The summed E-state index contributed by atoms with van der Waals surface area (Å²) in [5.41, 5.74) is -0.121. The van der Waals surface area contributed by atoms with Gasteiger partial charge in [-0.3, -0.25) is 14.9 Å². The number of hydrogen-bond donors (Lipinski definition) is 1. The van der Waals surface area contributed by atoms with Gasteiger partial charge >= 0.3 is 0 Å². The Labute approximate surface area is 157 Å². The molecule has 2 aromatic carbocycles. The molecule has 0 aliphatic heterocycles. The Kier molecular flexibility index (Phi) is 5.65. The molecular weight excluding hydrogens is 375 g/mol. The monoisotopic (exact) mass is 388 g/mol. The number of nitro groups is 1. The van der Waals surface area contributed by atoms with E-state index in [1.165, 1.54) is 16.6 Å². The second-order valence-electron chi connectivity index (χ2n) is 5.24. The van der Waals surface area contributed by atoms with E-state index in [9.17, 15) is 19.3 Å². The highest BCUT2D eigenvalue weighted by atomic mass is 32.2. The fourth-order valence-corrected chi connectivity index (χ4v) is 4.06. The van der Waals surface area contributed by atoms with E-state index >= 15 is 0 Å². The van der Waals surface area contributed by atoms with Crippen LogP contribution in [0.4, 0.5) is 15.8 Å². The molecule has 1 N–H and O–H groups in total. The summed E-state index contributed by atoms with van der Waals surface area (Å²) in [6.07, 6.45) is 0. The van der Waals surface area contributed by atoms with Crippen LogP contribution in [0.2, 0.25) is 0 Å². The molecule has 0 saturated carbocycles. The van der Waals surface area contributed by atoms with E-state index in [2.05, 4.69) is 5.32 Å². The van der Waals surface area contributed by atoms with Crippen LogP contribution in [0.5, 0.6) is 0 Å². The van der Waals surface area contributed by atoms with Crippen molar-refractivity contribution < 1.29 is 14.1 Å². The molecule has 1 amide bonds. The fraction of sp³-hybridized carbons (Fsp3) is 0.0556. The number of rotatable bonds is 6. The number of carbonyl (C=O) groups excluding carboxylic acids is 1. The maximum atomic E-state index is 13.9. The Morgan fingerprint density at radius 2 is 2.00 bits per heavy atom. The lowest BCUT2D eigenvalue weighted by molar-refractivity contribution is -0.384. The molecule has 0 radical (unpaired) electrons. The van der Waals surface area contributed by atoms with Crippen molar-refractivity contribution in [3.8, 4) is 0 Å². The summed E-state index contributed by atoms with van der Waals surface area (Å²) in [7, 11) is 0. The molecule has 0 aliphatic rings. The van der Waals surface area contributed by atoms with Crippen LogP contribution < -0.4 is 5.32 Å². The summed E-state index contributed by atoms with van der Waals surface area (Å²) in [4.78, 5) is 24.7. The van der Waals surface area contributed by atoms with Crippen molar-refractivity contribution in [1.82, 2.24) is 0 Å². The zero-order valence-electron chi connectivity index (χ0n) is 13.3. The van der Waals surface area contributed by atoms with E-state index in [0.717, 1.165) is 23.1 Å². The highest BCUT2D eigenvalue weighted by Crippen LogP contribution is 2.29. The van der Waals surface area contributed by atoms with Crippen LogP contribution in [0.25, 0.3) is 0 Å². The first-order valence-corrected chi connectivity index (χ1v) is 9.40. The predicted octanol–water partition coefficient (Wildman–Crippen LogP) is 5.34. The quantitative estimate of drug-likeness (QED) is 0.351. The van der Waals surface area contributed by atoms with E-state index in [4.69, 9.17) is 0 Å². The van der Waals surface area contributed by atoms with Gasteiger partial charge in [-0.1, -0.05) is 18.2 Å². The summed E-state index contributed by atoms with van der Waals surface area (Å²) >= 11 is 3.13. The Hall–Kier alpha value is -2.71. The number of amides is 1. The number of nitro benzene ring substituents is 1. The molecule has 8 heteroatoms. The van der Waals surface area contributed by atoms with Gasteiger partial charge in [0.25, 0.3) is 11.6 Å². The molecule has 0 atom stereocenters. The predicted molar refractivity (Wildman–Crippen MR) is 101 cm³/mol. The van der Waals surface area contributed by atoms with E-state index in [1.54, 1.807) is 23.5 Å². The summed E-state index contributed by atoms with van der Waals surface area (Å²) in [5, 5.41) is 15.3. The normalized spacial score (nSPS) is 10.5. The number of nitrogens with zero attached hydrogens (tertiary/aromatic N) is 1. The van der Waals surface area contributed by atoms with Gasteiger partial charge < -0.3 is 5.32 Å². The standard InChI is InChI=1S/C18H13FN2O3S2/c19-15-8-7-12(21(23)24)10-16(15)20-18(22)14-5-1-2-6-17(14)26-11-13-4-3-9-25-13/h1-10H,11H2,(H,20,22). The van der Waals surface area contributed by atoms with Crippen molar-refractivity contribution in [2.24, 2.45) is 0 Å². The first-order valence-electron chi connectivity index (χ1n) is 7.54. The zero-order valence-corrected chi connectivity index (χ0v) is 15.0. The largest absolute Gasteiger partial charge is 0.319 e. The van der Waals surface area contributed by atoms with Crippen LogP contribution >= 0.6 is 23.1 Å². The van der Waals surface area contributed by atoms with Crippen LogP contribution in [0.1, 0.15) is 15.2 Å². The van der Waals surface area contributed by atoms with Crippen LogP contribution in [0.15, 0.2) is 64.9 Å². The van der Waals surface area contributed by atoms with Gasteiger partial charge in [0.05, 0.1) is 16.2 Å². The highest BCUT2D eigenvalue weighted by Gasteiger charge is 2.16. The Balaban J connectivity index is 1.80. The summed E-state index contributed by atoms with van der Waals surface area (Å²) in [5.74, 6) is -0.529. The number of benzene rings is 2. The number of carbonyl (C=O) groups is 1. The van der Waals surface area contributed by atoms with Crippen LogP contribution in [0, 0.1) is 15.9 Å². The van der Waals surface area contributed by atoms with Crippen LogP contribution in [-0.2, 0) is 5.75 Å². The smallest absolute Gasteiger partial charge is 0.271 e. The third kappa shape index (κ3) is 4.27. The van der Waals surface area contributed by atoms with Crippen molar-refractivity contribution >= 4 is 40.4 Å². The minimum atomic E-state index is -0.729. The van der Waals surface area contributed by atoms with E-state index < -0.39 is 16.6 Å². The first-order chi connectivity index (χ1) is 12.5. The number of nitrogens with one attached hydrogen (secondary N) is 1. The summed E-state index contributed by atoms with van der Waals surface area (Å²) < 4.78 is 13.9. The number of thiophene rings is 1. The molecule has 0 bridgehead atoms. The van der Waals surface area contributed by atoms with Crippen molar-refractivity contribution in [3.63, 3.8) is 0 Å². The molecule has 0 fully saturated rings. The number of thioether (sulfide) groups is 1. The van der Waals surface area contributed by atoms with Crippen molar-refractivity contribution in [2.75, 3.05) is 5.32 Å². The Morgan fingerprint density at radius 1 is 1.19 bits per heavy atom.